The lowest BCUT2D eigenvalue weighted by Gasteiger charge is -2.03. The van der Waals surface area contributed by atoms with Gasteiger partial charge in [-0.05, 0) is 6.92 Å². The Morgan fingerprint density at radius 3 is 2.29 bits per heavy atom. The van der Waals surface area contributed by atoms with E-state index >= 15 is 0 Å². The van der Waals surface area contributed by atoms with E-state index in [0.29, 0.717) is 5.88 Å². The predicted octanol–water partition coefficient (Wildman–Crippen LogP) is 1.83. The monoisotopic (exact) mass is 142 g/mol. The summed E-state index contributed by atoms with van der Waals surface area (Å²) in [4.78, 5) is 0. The first-order valence-corrected chi connectivity index (χ1v) is 3.11. The molecule has 0 bridgehead atoms. The van der Waals surface area contributed by atoms with E-state index in [2.05, 4.69) is 0 Å². The van der Waals surface area contributed by atoms with E-state index in [1.165, 1.54) is 0 Å². The van der Waals surface area contributed by atoms with Gasteiger partial charge in [0.15, 0.2) is 0 Å². The van der Waals surface area contributed by atoms with Crippen LogP contribution in [0.15, 0.2) is 0 Å². The largest absolute Gasteiger partial charge is 0.362 e. The molecule has 0 amide bonds. The Labute approximate surface area is 53.6 Å². The van der Waals surface area contributed by atoms with Crippen LogP contribution < -0.4 is 0 Å². The minimum atomic E-state index is 0.0826. The summed E-state index contributed by atoms with van der Waals surface area (Å²) in [5.41, 5.74) is 0. The molecule has 3 heteroatoms. The second-order valence-electron chi connectivity index (χ2n) is 1.24. The van der Waals surface area contributed by atoms with Crippen LogP contribution in [0.25, 0.3) is 0 Å². The molecule has 0 aliphatic carbocycles. The molecule has 0 fully saturated rings. The maximum atomic E-state index is 5.35. The summed E-state index contributed by atoms with van der Waals surface area (Å²) in [7, 11) is 0. The van der Waals surface area contributed by atoms with Crippen LogP contribution >= 0.6 is 23.2 Å². The molecule has 1 nitrogen and oxygen atoms in total. The zero-order chi connectivity index (χ0) is 5.70. The van der Waals surface area contributed by atoms with Crippen LogP contribution in [0, 0.1) is 0 Å². The number of alkyl halides is 2. The molecule has 0 rings (SSSR count). The van der Waals surface area contributed by atoms with Crippen LogP contribution in [0.1, 0.15) is 6.92 Å². The average molecular weight is 143 g/mol. The highest BCUT2D eigenvalue weighted by molar-refractivity contribution is 6.18. The van der Waals surface area contributed by atoms with Gasteiger partial charge in [0.1, 0.15) is 6.07 Å². The first kappa shape index (κ1) is 7.54. The fourth-order valence-electron chi connectivity index (χ4n) is 0.152. The number of rotatable bonds is 3. The molecule has 0 saturated carbocycles. The topological polar surface area (TPSA) is 9.23 Å². The third kappa shape index (κ3) is 4.39. The summed E-state index contributed by atoms with van der Waals surface area (Å²) in [6, 6.07) is 0.230. The van der Waals surface area contributed by atoms with E-state index < -0.39 is 0 Å². The van der Waals surface area contributed by atoms with Crippen molar-refractivity contribution < 1.29 is 4.74 Å². The first-order valence-electron chi connectivity index (χ1n) is 2.04. The van der Waals surface area contributed by atoms with E-state index in [1.54, 1.807) is 0 Å². The minimum absolute atomic E-state index is 0.0826. The zero-order valence-corrected chi connectivity index (χ0v) is 5.67. The van der Waals surface area contributed by atoms with Crippen molar-refractivity contribution >= 4 is 23.2 Å². The Balaban J connectivity index is 2.83. The lowest BCUT2D eigenvalue weighted by molar-refractivity contribution is 0.119. The third-order valence-electron chi connectivity index (χ3n) is 0.565. The van der Waals surface area contributed by atoms with Gasteiger partial charge in [0.25, 0.3) is 0 Å². The Morgan fingerprint density at radius 1 is 1.57 bits per heavy atom. The summed E-state index contributed by atoms with van der Waals surface area (Å²) in [6.45, 7) is 1.87. The van der Waals surface area contributed by atoms with Crippen molar-refractivity contribution in [3.63, 3.8) is 0 Å². The minimum Gasteiger partial charge on any atom is -0.362 e. The Kier molecular flexibility index (Phi) is 5.05. The van der Waals surface area contributed by atoms with Crippen LogP contribution in [0.3, 0.4) is 0 Å². The second kappa shape index (κ2) is 4.69. The fraction of sp³-hybridized carbons (Fsp3) is 1.00. The van der Waals surface area contributed by atoms with Crippen LogP contribution in [0.2, 0.25) is 0 Å². The Bertz CT molecular complexity index is 40.7. The zero-order valence-electron chi connectivity index (χ0n) is 4.16. The van der Waals surface area contributed by atoms with E-state index in [4.69, 9.17) is 27.9 Å². The predicted molar refractivity (Wildman–Crippen MR) is 32.0 cm³/mol. The highest BCUT2D eigenvalue weighted by Crippen LogP contribution is 1.93. The van der Waals surface area contributed by atoms with Gasteiger partial charge in [0, 0.05) is 5.88 Å². The summed E-state index contributed by atoms with van der Waals surface area (Å²) in [6.07, 6.45) is 0.0826. The number of halogens is 2. The van der Waals surface area contributed by atoms with Crippen molar-refractivity contribution in [3.8, 4) is 0 Å². The molecular weight excluding hydrogens is 135 g/mol. The lowest BCUT2D eigenvalue weighted by atomic mass is 10.5. The molecule has 0 aromatic rings. The van der Waals surface area contributed by atoms with E-state index in [1.807, 2.05) is 6.92 Å². The quantitative estimate of drug-likeness (QED) is 0.547. The van der Waals surface area contributed by atoms with Gasteiger partial charge in [-0.3, -0.25) is 0 Å². The number of hydrogen-bond acceptors (Lipinski definition) is 1. The summed E-state index contributed by atoms with van der Waals surface area (Å²) in [5.74, 6) is 0.507. The van der Waals surface area contributed by atoms with Crippen molar-refractivity contribution in [2.24, 2.45) is 0 Å². The molecule has 7 heavy (non-hydrogen) atoms. The first-order chi connectivity index (χ1) is 3.31. The van der Waals surface area contributed by atoms with E-state index in [0.717, 1.165) is 0 Å². The molecule has 0 aliphatic rings. The Morgan fingerprint density at radius 2 is 2.14 bits per heavy atom. The van der Waals surface area contributed by atoms with Crippen LogP contribution in [0.4, 0.5) is 0 Å². The Hall–Kier alpha value is 0.540. The molecule has 0 aromatic carbocycles. The van der Waals surface area contributed by atoms with Gasteiger partial charge in [-0.2, -0.15) is 0 Å². The van der Waals surface area contributed by atoms with Crippen molar-refractivity contribution in [3.05, 3.63) is 0 Å². The van der Waals surface area contributed by atoms with Crippen molar-refractivity contribution in [2.75, 3.05) is 11.9 Å². The van der Waals surface area contributed by atoms with Gasteiger partial charge in [-0.15, -0.1) is 11.6 Å². The molecular formula is C4H8Cl2O. The molecule has 0 saturated heterocycles. The highest BCUT2D eigenvalue weighted by Gasteiger charge is 1.94. The fourth-order valence-corrected chi connectivity index (χ4v) is 0.456. The van der Waals surface area contributed by atoms with E-state index in [-0.39, 0.29) is 12.2 Å². The highest BCUT2D eigenvalue weighted by atomic mass is 35.5. The molecule has 0 radical (unpaired) electrons. The van der Waals surface area contributed by atoms with Gasteiger partial charge >= 0.3 is 0 Å². The summed E-state index contributed by atoms with van der Waals surface area (Å²) in [5, 5.41) is 0. The van der Waals surface area contributed by atoms with Gasteiger partial charge < -0.3 is 4.74 Å². The normalized spacial score (nSPS) is 14.1. The number of hydrogen-bond donors (Lipinski definition) is 0. The van der Waals surface area contributed by atoms with Crippen LogP contribution in [-0.4, -0.2) is 18.1 Å². The summed E-state index contributed by atoms with van der Waals surface area (Å²) >= 11 is 10.5. The molecule has 0 N–H and O–H groups in total. The molecule has 1 unspecified atom stereocenters. The molecule has 0 heterocycles. The van der Waals surface area contributed by atoms with Crippen molar-refractivity contribution in [1.82, 2.24) is 0 Å². The van der Waals surface area contributed by atoms with Crippen LogP contribution in [0.5, 0.6) is 0 Å². The molecule has 0 spiro atoms. The van der Waals surface area contributed by atoms with Crippen LogP contribution in [-0.2, 0) is 4.74 Å². The summed E-state index contributed by atoms with van der Waals surface area (Å²) < 4.78 is 4.82. The maximum Gasteiger partial charge on any atom is 0.121 e. The standard InChI is InChI=1S/C4H8Cl2O/c1-4(2-5)7-3-6/h4H,2-3H2,1H3. The SMILES string of the molecule is CC(CCl)OCCl. The van der Waals surface area contributed by atoms with Gasteiger partial charge in [-0.1, -0.05) is 11.6 Å². The van der Waals surface area contributed by atoms with Gasteiger partial charge in [0.2, 0.25) is 0 Å². The van der Waals surface area contributed by atoms with Crippen molar-refractivity contribution in [2.45, 2.75) is 13.0 Å². The second-order valence-corrected chi connectivity index (χ2v) is 1.77. The van der Waals surface area contributed by atoms with E-state index in [9.17, 15) is 0 Å². The molecule has 0 aliphatic heterocycles. The average Bonchev–Trinajstić information content (AvgIpc) is 1.68. The molecule has 1 atom stereocenters. The van der Waals surface area contributed by atoms with Gasteiger partial charge in [0.05, 0.1) is 6.10 Å². The third-order valence-corrected chi connectivity index (χ3v) is 1.13. The van der Waals surface area contributed by atoms with Crippen molar-refractivity contribution in [1.29, 1.82) is 0 Å². The maximum absolute atomic E-state index is 5.35. The molecule has 0 aromatic heterocycles. The lowest BCUT2D eigenvalue weighted by Crippen LogP contribution is -2.07. The number of ether oxygens (including phenoxy) is 1. The van der Waals surface area contributed by atoms with Gasteiger partial charge in [-0.25, -0.2) is 0 Å². The molecule has 44 valence electrons. The smallest absolute Gasteiger partial charge is 0.121 e.